The maximum absolute atomic E-state index is 12.3. The van der Waals surface area contributed by atoms with Crippen LogP contribution in [-0.4, -0.2) is 6.26 Å². The van der Waals surface area contributed by atoms with Crippen molar-refractivity contribution < 1.29 is 13.2 Å². The van der Waals surface area contributed by atoms with Crippen molar-refractivity contribution in [2.24, 2.45) is 5.84 Å². The summed E-state index contributed by atoms with van der Waals surface area (Å²) in [5.74, 6) is 5.11. The number of hydrogen-bond donors (Lipinski definition) is 2. The molecule has 0 heterocycles. The van der Waals surface area contributed by atoms with Gasteiger partial charge >= 0.3 is 6.18 Å². The smallest absolute Gasteiger partial charge is 0.323 e. The van der Waals surface area contributed by atoms with Gasteiger partial charge in [0.1, 0.15) is 0 Å². The van der Waals surface area contributed by atoms with Crippen LogP contribution >= 0.6 is 11.8 Å². The van der Waals surface area contributed by atoms with Crippen molar-refractivity contribution in [1.82, 2.24) is 0 Å². The number of nitrogens with one attached hydrogen (secondary N) is 1. The highest BCUT2D eigenvalue weighted by molar-refractivity contribution is 7.98. The quantitative estimate of drug-likeness (QED) is 0.459. The summed E-state index contributed by atoms with van der Waals surface area (Å²) in [6, 6.07) is 3.42. The lowest BCUT2D eigenvalue weighted by atomic mass is 10.2. The highest BCUT2D eigenvalue weighted by Gasteiger charge is 2.30. The summed E-state index contributed by atoms with van der Waals surface area (Å²) < 4.78 is 36.8. The van der Waals surface area contributed by atoms with Crippen LogP contribution in [0.3, 0.4) is 0 Å². The van der Waals surface area contributed by atoms with E-state index in [1.807, 2.05) is 0 Å². The molecule has 2 nitrogen and oxygen atoms in total. The molecule has 0 saturated heterocycles. The first kappa shape index (κ1) is 11.2. The van der Waals surface area contributed by atoms with Crippen LogP contribution in [0.15, 0.2) is 23.1 Å². The molecule has 0 fully saturated rings. The predicted molar refractivity (Wildman–Crippen MR) is 51.0 cm³/mol. The van der Waals surface area contributed by atoms with E-state index in [9.17, 15) is 13.2 Å². The maximum Gasteiger partial charge on any atom is 0.416 e. The van der Waals surface area contributed by atoms with Crippen LogP contribution in [0.5, 0.6) is 0 Å². The molecule has 0 radical (unpaired) electrons. The van der Waals surface area contributed by atoms with E-state index in [0.29, 0.717) is 4.90 Å². The number of hydrogen-bond acceptors (Lipinski definition) is 3. The highest BCUT2D eigenvalue weighted by atomic mass is 32.2. The van der Waals surface area contributed by atoms with Crippen molar-refractivity contribution >= 4 is 17.4 Å². The first-order chi connectivity index (χ1) is 6.49. The van der Waals surface area contributed by atoms with Gasteiger partial charge in [-0.15, -0.1) is 11.8 Å². The molecule has 6 heteroatoms. The molecule has 0 amide bonds. The van der Waals surface area contributed by atoms with E-state index in [1.54, 1.807) is 6.26 Å². The molecule has 0 aromatic heterocycles. The number of nitrogens with two attached hydrogens (primary N) is 1. The van der Waals surface area contributed by atoms with Gasteiger partial charge in [0.15, 0.2) is 0 Å². The molecule has 1 aromatic carbocycles. The molecule has 0 atom stereocenters. The summed E-state index contributed by atoms with van der Waals surface area (Å²) in [6.07, 6.45) is -2.56. The number of thioether (sulfide) groups is 1. The molecule has 0 unspecified atom stereocenters. The standard InChI is InChI=1S/C8H9F3N2S/c1-14-7-3-2-5(8(9,10)11)4-6(7)13-12/h2-4,13H,12H2,1H3. The third-order valence-corrected chi connectivity index (χ3v) is 2.48. The van der Waals surface area contributed by atoms with Gasteiger partial charge in [-0.25, -0.2) is 0 Å². The van der Waals surface area contributed by atoms with Crippen LogP contribution in [0.2, 0.25) is 0 Å². The van der Waals surface area contributed by atoms with Gasteiger partial charge in [-0.1, -0.05) is 0 Å². The molecular weight excluding hydrogens is 213 g/mol. The van der Waals surface area contributed by atoms with E-state index >= 15 is 0 Å². The van der Waals surface area contributed by atoms with Crippen molar-refractivity contribution in [2.75, 3.05) is 11.7 Å². The topological polar surface area (TPSA) is 38.0 Å². The molecule has 0 aliphatic heterocycles. The third kappa shape index (κ3) is 2.33. The van der Waals surface area contributed by atoms with Crippen LogP contribution in [-0.2, 0) is 6.18 Å². The van der Waals surface area contributed by atoms with Crippen LogP contribution in [0.1, 0.15) is 5.56 Å². The number of anilines is 1. The summed E-state index contributed by atoms with van der Waals surface area (Å²) in [6.45, 7) is 0. The van der Waals surface area contributed by atoms with Crippen molar-refractivity contribution in [3.8, 4) is 0 Å². The Kier molecular flexibility index (Phi) is 3.28. The second-order valence-corrected chi connectivity index (χ2v) is 3.41. The number of alkyl halides is 3. The average molecular weight is 222 g/mol. The van der Waals surface area contributed by atoms with Gasteiger partial charge in [-0.05, 0) is 24.5 Å². The van der Waals surface area contributed by atoms with E-state index in [-0.39, 0.29) is 5.69 Å². The summed E-state index contributed by atoms with van der Waals surface area (Å²) in [4.78, 5) is 0.681. The Morgan fingerprint density at radius 1 is 1.36 bits per heavy atom. The minimum atomic E-state index is -4.33. The molecule has 1 aromatic rings. The zero-order valence-electron chi connectivity index (χ0n) is 7.35. The molecule has 1 rings (SSSR count). The van der Waals surface area contributed by atoms with Crippen molar-refractivity contribution in [1.29, 1.82) is 0 Å². The van der Waals surface area contributed by atoms with Gasteiger partial charge in [0.25, 0.3) is 0 Å². The van der Waals surface area contributed by atoms with Gasteiger partial charge in [0.05, 0.1) is 11.3 Å². The maximum atomic E-state index is 12.3. The minimum absolute atomic E-state index is 0.285. The lowest BCUT2D eigenvalue weighted by molar-refractivity contribution is -0.137. The molecule has 0 bridgehead atoms. The molecule has 0 aliphatic rings. The van der Waals surface area contributed by atoms with Crippen LogP contribution in [0.4, 0.5) is 18.9 Å². The Balaban J connectivity index is 3.14. The molecule has 0 aliphatic carbocycles. The van der Waals surface area contributed by atoms with Gasteiger partial charge in [-0.3, -0.25) is 5.84 Å². The molecule has 14 heavy (non-hydrogen) atoms. The lowest BCUT2D eigenvalue weighted by Crippen LogP contribution is -2.11. The fourth-order valence-electron chi connectivity index (χ4n) is 0.997. The van der Waals surface area contributed by atoms with E-state index in [1.165, 1.54) is 17.8 Å². The number of benzene rings is 1. The summed E-state index contributed by atoms with van der Waals surface area (Å²) in [5.41, 5.74) is 1.82. The molecule has 3 N–H and O–H groups in total. The van der Waals surface area contributed by atoms with Gasteiger partial charge in [-0.2, -0.15) is 13.2 Å². The number of hydrazine groups is 1. The molecule has 0 saturated carbocycles. The van der Waals surface area contributed by atoms with Crippen LogP contribution in [0.25, 0.3) is 0 Å². The van der Waals surface area contributed by atoms with E-state index in [4.69, 9.17) is 5.84 Å². The Bertz CT molecular complexity index is 325. The zero-order valence-corrected chi connectivity index (χ0v) is 8.17. The Morgan fingerprint density at radius 3 is 2.43 bits per heavy atom. The predicted octanol–water partition coefficient (Wildman–Crippen LogP) is 2.71. The van der Waals surface area contributed by atoms with E-state index in [0.717, 1.165) is 12.1 Å². The van der Waals surface area contributed by atoms with Gasteiger partial charge in [0, 0.05) is 4.90 Å². The van der Waals surface area contributed by atoms with E-state index < -0.39 is 11.7 Å². The second kappa shape index (κ2) is 4.10. The normalized spacial score (nSPS) is 11.5. The van der Waals surface area contributed by atoms with Crippen molar-refractivity contribution in [3.63, 3.8) is 0 Å². The monoisotopic (exact) mass is 222 g/mol. The fraction of sp³-hybridized carbons (Fsp3) is 0.250. The molecule has 0 spiro atoms. The first-order valence-corrected chi connectivity index (χ1v) is 4.93. The van der Waals surface area contributed by atoms with Gasteiger partial charge in [0.2, 0.25) is 0 Å². The lowest BCUT2D eigenvalue weighted by Gasteiger charge is -2.11. The summed E-state index contributed by atoms with van der Waals surface area (Å²) in [7, 11) is 0. The number of rotatable bonds is 2. The van der Waals surface area contributed by atoms with Crippen molar-refractivity contribution in [3.05, 3.63) is 23.8 Å². The molecular formula is C8H9F3N2S. The highest BCUT2D eigenvalue weighted by Crippen LogP contribution is 2.34. The van der Waals surface area contributed by atoms with E-state index in [2.05, 4.69) is 5.43 Å². The number of nitrogen functional groups attached to an aromatic ring is 1. The minimum Gasteiger partial charge on any atom is -0.323 e. The molecule has 78 valence electrons. The summed E-state index contributed by atoms with van der Waals surface area (Å²) >= 11 is 1.33. The SMILES string of the molecule is CSc1ccc(C(F)(F)F)cc1NN. The number of halogens is 3. The van der Waals surface area contributed by atoms with Crippen LogP contribution < -0.4 is 11.3 Å². The zero-order chi connectivity index (χ0) is 10.8. The fourth-order valence-corrected chi connectivity index (χ4v) is 1.54. The third-order valence-electron chi connectivity index (χ3n) is 1.68. The Morgan fingerprint density at radius 2 is 2.00 bits per heavy atom. The Hall–Kier alpha value is -0.880. The van der Waals surface area contributed by atoms with Crippen molar-refractivity contribution in [2.45, 2.75) is 11.1 Å². The largest absolute Gasteiger partial charge is 0.416 e. The van der Waals surface area contributed by atoms with Crippen LogP contribution in [0, 0.1) is 0 Å². The Labute approximate surface area is 83.6 Å². The van der Waals surface area contributed by atoms with Gasteiger partial charge < -0.3 is 5.43 Å². The second-order valence-electron chi connectivity index (χ2n) is 2.56. The first-order valence-electron chi connectivity index (χ1n) is 3.71. The summed E-state index contributed by atoms with van der Waals surface area (Å²) in [5, 5.41) is 0. The average Bonchev–Trinajstić information content (AvgIpc) is 2.15.